The molecular weight excluding hydrogens is 224 g/mol. The molecule has 2 heterocycles. The highest BCUT2D eigenvalue weighted by molar-refractivity contribution is 5.34. The van der Waals surface area contributed by atoms with Crippen LogP contribution in [0.4, 0.5) is 0 Å². The Morgan fingerprint density at radius 1 is 1.00 bits per heavy atom. The third-order valence-corrected chi connectivity index (χ3v) is 6.00. The van der Waals surface area contributed by atoms with Gasteiger partial charge in [-0.25, -0.2) is 0 Å². The first-order valence-electron chi connectivity index (χ1n) is 7.51. The predicted molar refractivity (Wildman–Crippen MR) is 66.9 cm³/mol. The van der Waals surface area contributed by atoms with Crippen molar-refractivity contribution in [2.75, 3.05) is 0 Å². The lowest BCUT2D eigenvalue weighted by Gasteiger charge is -2.56. The fraction of sp³-hybridized carbons (Fsp3) is 0.800. The summed E-state index contributed by atoms with van der Waals surface area (Å²) in [5, 5.41) is 7.92. The first-order valence-corrected chi connectivity index (χ1v) is 7.51. The molecule has 4 fully saturated rings. The van der Waals surface area contributed by atoms with Crippen molar-refractivity contribution < 1.29 is 4.52 Å². The molecule has 4 saturated carbocycles. The van der Waals surface area contributed by atoms with Crippen molar-refractivity contribution in [1.29, 1.82) is 0 Å². The fourth-order valence-electron chi connectivity index (χ4n) is 5.78. The lowest BCUT2D eigenvalue weighted by atomic mass is 9.48. The predicted octanol–water partition coefficient (Wildman–Crippen LogP) is 2.75. The molecule has 1 aliphatic heterocycles. The van der Waals surface area contributed by atoms with Crippen LogP contribution in [0, 0.1) is 17.8 Å². The van der Waals surface area contributed by atoms with Gasteiger partial charge in [0.15, 0.2) is 5.76 Å². The van der Waals surface area contributed by atoms with Gasteiger partial charge in [-0.15, -0.1) is 0 Å². The summed E-state index contributed by atoms with van der Waals surface area (Å²) in [6.45, 7) is 1.87. The monoisotopic (exact) mass is 244 g/mol. The molecule has 3 heteroatoms. The number of hydrogen-bond donors (Lipinski definition) is 1. The Bertz CT molecular complexity index is 469. The highest BCUT2D eigenvalue weighted by Crippen LogP contribution is 2.61. The van der Waals surface area contributed by atoms with E-state index in [0.717, 1.165) is 36.6 Å². The molecule has 0 unspecified atom stereocenters. The van der Waals surface area contributed by atoms with Crippen LogP contribution in [0.2, 0.25) is 0 Å². The zero-order chi connectivity index (χ0) is 11.7. The van der Waals surface area contributed by atoms with Crippen LogP contribution < -0.4 is 5.32 Å². The Morgan fingerprint density at radius 3 is 2.33 bits per heavy atom. The van der Waals surface area contributed by atoms with Crippen molar-refractivity contribution >= 4 is 0 Å². The lowest BCUT2D eigenvalue weighted by Crippen LogP contribution is -2.49. The summed E-state index contributed by atoms with van der Waals surface area (Å²) in [6.07, 6.45) is 8.65. The normalized spacial score (nSPS) is 44.6. The molecule has 18 heavy (non-hydrogen) atoms. The summed E-state index contributed by atoms with van der Waals surface area (Å²) in [6, 6.07) is 0. The number of rotatable bonds is 1. The van der Waals surface area contributed by atoms with Crippen molar-refractivity contribution in [3.05, 3.63) is 17.0 Å². The smallest absolute Gasteiger partial charge is 0.155 e. The minimum atomic E-state index is 0.401. The van der Waals surface area contributed by atoms with E-state index in [2.05, 4.69) is 10.5 Å². The van der Waals surface area contributed by atoms with Gasteiger partial charge in [0.1, 0.15) is 0 Å². The summed E-state index contributed by atoms with van der Waals surface area (Å²) in [7, 11) is 0. The van der Waals surface area contributed by atoms with Crippen LogP contribution in [-0.4, -0.2) is 5.16 Å². The largest absolute Gasteiger partial charge is 0.359 e. The molecule has 5 aliphatic rings. The molecule has 0 aromatic carbocycles. The average Bonchev–Trinajstić information content (AvgIpc) is 2.87. The molecule has 4 aliphatic carbocycles. The van der Waals surface area contributed by atoms with Crippen LogP contribution in [-0.2, 0) is 18.5 Å². The SMILES string of the molecule is C1NCc2c(C34CC5CC(CC(C5)C3)C4)noc21. The van der Waals surface area contributed by atoms with E-state index in [1.165, 1.54) is 49.8 Å². The molecule has 1 aromatic heterocycles. The van der Waals surface area contributed by atoms with Crippen LogP contribution in [0.5, 0.6) is 0 Å². The van der Waals surface area contributed by atoms with E-state index in [1.807, 2.05) is 0 Å². The molecule has 96 valence electrons. The van der Waals surface area contributed by atoms with Crippen molar-refractivity contribution in [3.63, 3.8) is 0 Å². The second kappa shape index (κ2) is 3.19. The molecular formula is C15H20N2O. The number of aromatic nitrogens is 1. The number of fused-ring (bicyclic) bond motifs is 1. The third kappa shape index (κ3) is 1.16. The first-order chi connectivity index (χ1) is 8.82. The van der Waals surface area contributed by atoms with E-state index in [9.17, 15) is 0 Å². The Balaban J connectivity index is 1.62. The van der Waals surface area contributed by atoms with Crippen molar-refractivity contribution in [2.24, 2.45) is 17.8 Å². The van der Waals surface area contributed by atoms with Crippen molar-refractivity contribution in [2.45, 2.75) is 57.0 Å². The number of nitrogens with one attached hydrogen (secondary N) is 1. The zero-order valence-corrected chi connectivity index (χ0v) is 10.7. The molecule has 0 atom stereocenters. The zero-order valence-electron chi connectivity index (χ0n) is 10.7. The van der Waals surface area contributed by atoms with Crippen LogP contribution in [0.25, 0.3) is 0 Å². The van der Waals surface area contributed by atoms with Gasteiger partial charge < -0.3 is 9.84 Å². The van der Waals surface area contributed by atoms with E-state index < -0.39 is 0 Å². The van der Waals surface area contributed by atoms with Crippen molar-refractivity contribution in [3.8, 4) is 0 Å². The lowest BCUT2D eigenvalue weighted by molar-refractivity contribution is -0.00891. The number of nitrogens with zero attached hydrogens (tertiary/aromatic N) is 1. The quantitative estimate of drug-likeness (QED) is 0.825. The van der Waals surface area contributed by atoms with Gasteiger partial charge in [0.25, 0.3) is 0 Å². The third-order valence-electron chi connectivity index (χ3n) is 6.00. The van der Waals surface area contributed by atoms with Crippen LogP contribution >= 0.6 is 0 Å². The standard InChI is InChI=1S/C15H20N2O/c1-9-2-11-3-10(1)5-15(4-9,6-11)14-12-7-16-8-13(12)18-17-14/h9-11,16H,1-8H2. The van der Waals surface area contributed by atoms with Gasteiger partial charge in [0.2, 0.25) is 0 Å². The van der Waals surface area contributed by atoms with Gasteiger partial charge in [0.05, 0.1) is 12.2 Å². The summed E-state index contributed by atoms with van der Waals surface area (Å²) in [5.41, 5.74) is 3.16. The molecule has 3 nitrogen and oxygen atoms in total. The Kier molecular flexibility index (Phi) is 1.77. The summed E-state index contributed by atoms with van der Waals surface area (Å²) in [5.74, 6) is 4.06. The first kappa shape index (κ1) is 10.0. The fourth-order valence-corrected chi connectivity index (χ4v) is 5.78. The highest BCUT2D eigenvalue weighted by atomic mass is 16.5. The summed E-state index contributed by atoms with van der Waals surface area (Å²) < 4.78 is 5.58. The molecule has 4 bridgehead atoms. The second-order valence-corrected chi connectivity index (χ2v) is 7.23. The van der Waals surface area contributed by atoms with Gasteiger partial charge in [-0.1, -0.05) is 5.16 Å². The van der Waals surface area contributed by atoms with Gasteiger partial charge in [0, 0.05) is 17.5 Å². The molecule has 0 spiro atoms. The molecule has 0 radical (unpaired) electrons. The maximum absolute atomic E-state index is 5.58. The van der Waals surface area contributed by atoms with E-state index >= 15 is 0 Å². The van der Waals surface area contributed by atoms with Gasteiger partial charge >= 0.3 is 0 Å². The maximum atomic E-state index is 5.58. The molecule has 0 saturated heterocycles. The van der Waals surface area contributed by atoms with Gasteiger partial charge in [-0.05, 0) is 56.3 Å². The summed E-state index contributed by atoms with van der Waals surface area (Å²) in [4.78, 5) is 0. The Labute approximate surface area is 107 Å². The Morgan fingerprint density at radius 2 is 1.67 bits per heavy atom. The number of hydrogen-bond acceptors (Lipinski definition) is 3. The summed E-state index contributed by atoms with van der Waals surface area (Å²) >= 11 is 0. The van der Waals surface area contributed by atoms with E-state index in [-0.39, 0.29) is 0 Å². The van der Waals surface area contributed by atoms with Crippen LogP contribution in [0.15, 0.2) is 4.52 Å². The van der Waals surface area contributed by atoms with Crippen LogP contribution in [0.1, 0.15) is 55.5 Å². The maximum Gasteiger partial charge on any atom is 0.155 e. The van der Waals surface area contributed by atoms with Crippen molar-refractivity contribution in [1.82, 2.24) is 10.5 Å². The molecule has 1 aromatic rings. The highest BCUT2D eigenvalue weighted by Gasteiger charge is 2.54. The van der Waals surface area contributed by atoms with Crippen LogP contribution in [0.3, 0.4) is 0 Å². The molecule has 1 N–H and O–H groups in total. The van der Waals surface area contributed by atoms with Gasteiger partial charge in [-0.3, -0.25) is 0 Å². The molecule has 6 rings (SSSR count). The van der Waals surface area contributed by atoms with E-state index in [0.29, 0.717) is 5.41 Å². The van der Waals surface area contributed by atoms with E-state index in [1.54, 1.807) is 0 Å². The minimum Gasteiger partial charge on any atom is -0.359 e. The average molecular weight is 244 g/mol. The van der Waals surface area contributed by atoms with Gasteiger partial charge in [-0.2, -0.15) is 0 Å². The Hall–Kier alpha value is -0.830. The topological polar surface area (TPSA) is 38.1 Å². The minimum absolute atomic E-state index is 0.401. The second-order valence-electron chi connectivity index (χ2n) is 7.23. The molecule has 0 amide bonds. The van der Waals surface area contributed by atoms with E-state index in [4.69, 9.17) is 4.52 Å².